The molecule has 0 radical (unpaired) electrons. The number of halogens is 1. The fourth-order valence-corrected chi connectivity index (χ4v) is 2.43. The Labute approximate surface area is 114 Å². The lowest BCUT2D eigenvalue weighted by Crippen LogP contribution is -1.97. The number of hydrogen-bond donors (Lipinski definition) is 0. The van der Waals surface area contributed by atoms with Crippen LogP contribution in [-0.2, 0) is 12.8 Å². The van der Waals surface area contributed by atoms with Crippen LogP contribution >= 0.6 is 15.9 Å². The maximum absolute atomic E-state index is 4.25. The lowest BCUT2D eigenvalue weighted by molar-refractivity contribution is 0.839. The van der Waals surface area contributed by atoms with E-state index in [1.807, 2.05) is 28.8 Å². The number of aryl methyl sites for hydroxylation is 2. The molecule has 90 valence electrons. The second-order valence-corrected chi connectivity index (χ2v) is 5.01. The zero-order valence-electron chi connectivity index (χ0n) is 9.75. The maximum Gasteiger partial charge on any atom is 0.175 e. The summed E-state index contributed by atoms with van der Waals surface area (Å²) >= 11 is 3.48. The van der Waals surface area contributed by atoms with Gasteiger partial charge in [0.2, 0.25) is 0 Å². The predicted octanol–water partition coefficient (Wildman–Crippen LogP) is 3.28. The van der Waals surface area contributed by atoms with Crippen LogP contribution < -0.4 is 0 Å². The molecule has 0 atom stereocenters. The first kappa shape index (κ1) is 11.4. The third-order valence-electron chi connectivity index (χ3n) is 2.94. The fraction of sp³-hybridized carbons (Fsp3) is 0.143. The van der Waals surface area contributed by atoms with Crippen molar-refractivity contribution in [2.75, 3.05) is 0 Å². The molecule has 4 heteroatoms. The highest BCUT2D eigenvalue weighted by Crippen LogP contribution is 2.16. The summed E-state index contributed by atoms with van der Waals surface area (Å²) in [5.41, 5.74) is 2.20. The minimum atomic E-state index is 0.876. The highest BCUT2D eigenvalue weighted by molar-refractivity contribution is 9.10. The van der Waals surface area contributed by atoms with Crippen LogP contribution in [0.1, 0.15) is 11.4 Å². The van der Waals surface area contributed by atoms with Gasteiger partial charge in [-0.25, -0.2) is 0 Å². The van der Waals surface area contributed by atoms with Crippen molar-refractivity contribution in [3.05, 3.63) is 64.5 Å². The molecule has 3 nitrogen and oxygen atoms in total. The van der Waals surface area contributed by atoms with Crippen LogP contribution in [0.4, 0.5) is 0 Å². The largest absolute Gasteiger partial charge is 0.285 e. The molecular weight excluding hydrogens is 290 g/mol. The van der Waals surface area contributed by atoms with Gasteiger partial charge in [0.15, 0.2) is 5.65 Å². The standard InChI is InChI=1S/C14H12BrN3/c15-12-7-4-10-18-13(16-17-14(12)18)9-8-11-5-2-1-3-6-11/h1-7,10H,8-9H2. The minimum absolute atomic E-state index is 0.876. The van der Waals surface area contributed by atoms with Crippen LogP contribution in [-0.4, -0.2) is 14.6 Å². The molecule has 0 bridgehead atoms. The molecule has 3 rings (SSSR count). The van der Waals surface area contributed by atoms with Crippen molar-refractivity contribution in [3.8, 4) is 0 Å². The smallest absolute Gasteiger partial charge is 0.175 e. The van der Waals surface area contributed by atoms with Gasteiger partial charge in [0.25, 0.3) is 0 Å². The van der Waals surface area contributed by atoms with E-state index in [1.54, 1.807) is 0 Å². The Balaban J connectivity index is 1.85. The van der Waals surface area contributed by atoms with E-state index in [2.05, 4.69) is 50.4 Å². The Morgan fingerprint density at radius 2 is 1.78 bits per heavy atom. The van der Waals surface area contributed by atoms with Crippen molar-refractivity contribution in [1.29, 1.82) is 0 Å². The zero-order chi connectivity index (χ0) is 12.4. The average molecular weight is 302 g/mol. The highest BCUT2D eigenvalue weighted by atomic mass is 79.9. The van der Waals surface area contributed by atoms with E-state index in [-0.39, 0.29) is 0 Å². The van der Waals surface area contributed by atoms with E-state index in [1.165, 1.54) is 5.56 Å². The fourth-order valence-electron chi connectivity index (χ4n) is 2.00. The third kappa shape index (κ3) is 2.16. The van der Waals surface area contributed by atoms with Crippen molar-refractivity contribution >= 4 is 21.6 Å². The molecule has 2 aromatic heterocycles. The number of hydrogen-bond acceptors (Lipinski definition) is 2. The number of nitrogens with zero attached hydrogens (tertiary/aromatic N) is 3. The molecule has 0 amide bonds. The van der Waals surface area contributed by atoms with E-state index in [0.29, 0.717) is 0 Å². The van der Waals surface area contributed by atoms with Gasteiger partial charge in [0.05, 0.1) is 4.47 Å². The second kappa shape index (κ2) is 4.90. The minimum Gasteiger partial charge on any atom is -0.285 e. The molecule has 0 spiro atoms. The summed E-state index contributed by atoms with van der Waals surface area (Å²) in [5, 5.41) is 8.45. The Bertz CT molecular complexity index is 661. The second-order valence-electron chi connectivity index (χ2n) is 4.15. The number of aromatic nitrogens is 3. The molecular formula is C14H12BrN3. The van der Waals surface area contributed by atoms with Crippen molar-refractivity contribution in [3.63, 3.8) is 0 Å². The molecule has 18 heavy (non-hydrogen) atoms. The summed E-state index contributed by atoms with van der Waals surface area (Å²) in [5.74, 6) is 0.996. The number of benzene rings is 1. The molecule has 0 saturated carbocycles. The Hall–Kier alpha value is -1.68. The Morgan fingerprint density at radius 1 is 0.944 bits per heavy atom. The summed E-state index contributed by atoms with van der Waals surface area (Å²) in [7, 11) is 0. The van der Waals surface area contributed by atoms with E-state index in [9.17, 15) is 0 Å². The van der Waals surface area contributed by atoms with Crippen molar-refractivity contribution < 1.29 is 0 Å². The van der Waals surface area contributed by atoms with Crippen LogP contribution in [0.3, 0.4) is 0 Å². The van der Waals surface area contributed by atoms with Crippen molar-refractivity contribution in [1.82, 2.24) is 14.6 Å². The summed E-state index contributed by atoms with van der Waals surface area (Å²) < 4.78 is 3.01. The van der Waals surface area contributed by atoms with Gasteiger partial charge in [0.1, 0.15) is 5.82 Å². The third-order valence-corrected chi connectivity index (χ3v) is 3.56. The molecule has 0 aliphatic heterocycles. The molecule has 0 aliphatic carbocycles. The lowest BCUT2D eigenvalue weighted by atomic mass is 10.1. The first-order valence-electron chi connectivity index (χ1n) is 5.86. The average Bonchev–Trinajstić information content (AvgIpc) is 2.82. The molecule has 0 unspecified atom stereocenters. The maximum atomic E-state index is 4.25. The normalized spacial score (nSPS) is 10.9. The molecule has 2 heterocycles. The van der Waals surface area contributed by atoms with Gasteiger partial charge in [-0.2, -0.15) is 0 Å². The van der Waals surface area contributed by atoms with Crippen LogP contribution in [0.2, 0.25) is 0 Å². The van der Waals surface area contributed by atoms with Gasteiger partial charge < -0.3 is 0 Å². The van der Waals surface area contributed by atoms with Gasteiger partial charge >= 0.3 is 0 Å². The number of rotatable bonds is 3. The van der Waals surface area contributed by atoms with Crippen LogP contribution in [0.5, 0.6) is 0 Å². The number of pyridine rings is 1. The molecule has 1 aromatic carbocycles. The van der Waals surface area contributed by atoms with Gasteiger partial charge in [-0.15, -0.1) is 10.2 Å². The number of fused-ring (bicyclic) bond motifs is 1. The van der Waals surface area contributed by atoms with E-state index in [4.69, 9.17) is 0 Å². The van der Waals surface area contributed by atoms with Crippen LogP contribution in [0, 0.1) is 0 Å². The molecule has 0 N–H and O–H groups in total. The Kier molecular flexibility index (Phi) is 3.11. The van der Waals surface area contributed by atoms with Crippen molar-refractivity contribution in [2.24, 2.45) is 0 Å². The molecule has 0 fully saturated rings. The van der Waals surface area contributed by atoms with Crippen LogP contribution in [0.25, 0.3) is 5.65 Å². The van der Waals surface area contributed by atoms with Gasteiger partial charge in [-0.3, -0.25) is 4.40 Å². The summed E-state index contributed by atoms with van der Waals surface area (Å²) in [6.07, 6.45) is 3.87. The Morgan fingerprint density at radius 3 is 2.61 bits per heavy atom. The molecule has 3 aromatic rings. The zero-order valence-corrected chi connectivity index (χ0v) is 11.3. The lowest BCUT2D eigenvalue weighted by Gasteiger charge is -2.01. The van der Waals surface area contributed by atoms with Gasteiger partial charge in [-0.1, -0.05) is 30.3 Å². The monoisotopic (exact) mass is 301 g/mol. The first-order valence-corrected chi connectivity index (χ1v) is 6.66. The summed E-state index contributed by atoms with van der Waals surface area (Å²) in [4.78, 5) is 0. The van der Waals surface area contributed by atoms with Gasteiger partial charge in [0, 0.05) is 12.6 Å². The van der Waals surface area contributed by atoms with E-state index in [0.717, 1.165) is 28.8 Å². The summed E-state index contributed by atoms with van der Waals surface area (Å²) in [6, 6.07) is 14.4. The first-order chi connectivity index (χ1) is 8.84. The topological polar surface area (TPSA) is 30.2 Å². The van der Waals surface area contributed by atoms with E-state index < -0.39 is 0 Å². The van der Waals surface area contributed by atoms with Gasteiger partial charge in [-0.05, 0) is 40.0 Å². The SMILES string of the molecule is Brc1cccn2c(CCc3ccccc3)nnc12. The van der Waals surface area contributed by atoms with Crippen molar-refractivity contribution in [2.45, 2.75) is 12.8 Å². The predicted molar refractivity (Wildman–Crippen MR) is 74.5 cm³/mol. The quantitative estimate of drug-likeness (QED) is 0.743. The molecule has 0 aliphatic rings. The van der Waals surface area contributed by atoms with E-state index >= 15 is 0 Å². The highest BCUT2D eigenvalue weighted by Gasteiger charge is 2.07. The molecule has 0 saturated heterocycles. The summed E-state index contributed by atoms with van der Waals surface area (Å²) in [6.45, 7) is 0. The van der Waals surface area contributed by atoms with Crippen LogP contribution in [0.15, 0.2) is 53.1 Å².